The maximum absolute atomic E-state index is 11.5. The lowest BCUT2D eigenvalue weighted by atomic mass is 10.00. The lowest BCUT2D eigenvalue weighted by Crippen LogP contribution is -2.46. The number of benzene rings is 2. The van der Waals surface area contributed by atoms with Gasteiger partial charge in [-0.2, -0.15) is 0 Å². The number of hydrogen-bond acceptors (Lipinski definition) is 4. The molecule has 2 aliphatic rings. The molecule has 0 aliphatic carbocycles. The summed E-state index contributed by atoms with van der Waals surface area (Å²) in [5.41, 5.74) is 4.62. The molecule has 0 saturated carbocycles. The Morgan fingerprint density at radius 1 is 1.07 bits per heavy atom. The fourth-order valence-electron chi connectivity index (χ4n) is 4.19. The van der Waals surface area contributed by atoms with Crippen molar-refractivity contribution in [3.63, 3.8) is 0 Å². The van der Waals surface area contributed by atoms with Gasteiger partial charge in [0, 0.05) is 44.8 Å². The second-order valence-electron chi connectivity index (χ2n) is 7.89. The molecule has 30 heavy (non-hydrogen) atoms. The summed E-state index contributed by atoms with van der Waals surface area (Å²) in [6.45, 7) is 8.03. The monoisotopic (exact) mass is 405 g/mol. The van der Waals surface area contributed by atoms with Crippen molar-refractivity contribution in [2.75, 3.05) is 49.5 Å². The molecule has 0 bridgehead atoms. The Balaban J connectivity index is 1.24. The van der Waals surface area contributed by atoms with Crippen LogP contribution in [0.15, 0.2) is 48.5 Å². The average molecular weight is 406 g/mol. The van der Waals surface area contributed by atoms with Gasteiger partial charge in [0.15, 0.2) is 0 Å². The molecule has 1 saturated heterocycles. The van der Waals surface area contributed by atoms with E-state index in [-0.39, 0.29) is 5.91 Å². The van der Waals surface area contributed by atoms with Gasteiger partial charge in [0.2, 0.25) is 5.91 Å². The quantitative estimate of drug-likeness (QED) is 0.750. The zero-order valence-electron chi connectivity index (χ0n) is 17.8. The van der Waals surface area contributed by atoms with Crippen LogP contribution in [0.25, 0.3) is 6.08 Å². The minimum absolute atomic E-state index is 0.118. The first kappa shape index (κ1) is 20.5. The molecule has 0 spiro atoms. The third-order valence-electron chi connectivity index (χ3n) is 5.83. The van der Waals surface area contributed by atoms with Gasteiger partial charge in [0.05, 0.1) is 12.3 Å². The van der Waals surface area contributed by atoms with Crippen LogP contribution in [0.3, 0.4) is 0 Å². The second-order valence-corrected chi connectivity index (χ2v) is 7.89. The molecular formula is C25H31N3O2. The average Bonchev–Trinajstić information content (AvgIpc) is 2.78. The van der Waals surface area contributed by atoms with Crippen molar-refractivity contribution >= 4 is 23.4 Å². The Labute approximate surface area is 179 Å². The summed E-state index contributed by atoms with van der Waals surface area (Å²) in [5.74, 6) is 1.10. The molecule has 5 heteroatoms. The Bertz CT molecular complexity index is 901. The van der Waals surface area contributed by atoms with Gasteiger partial charge in [-0.15, -0.1) is 0 Å². The fraction of sp³-hybridized carbons (Fsp3) is 0.400. The van der Waals surface area contributed by atoms with Crippen molar-refractivity contribution in [2.45, 2.75) is 26.2 Å². The van der Waals surface area contributed by atoms with E-state index in [0.717, 1.165) is 57.0 Å². The van der Waals surface area contributed by atoms with Gasteiger partial charge in [0.1, 0.15) is 5.75 Å². The minimum atomic E-state index is 0.118. The maximum Gasteiger partial charge on any atom is 0.224 e. The standard InChI is InChI=1S/C25H31N3O2/c1-2-30-24-9-4-3-8-23(24)28-17-15-27(16-18-28)14-6-5-7-20-10-12-22-21(19-20)11-13-25(29)26-22/h3-5,7-10,12,19H,2,6,11,13-18H2,1H3,(H,26,29)/b7-5+. The summed E-state index contributed by atoms with van der Waals surface area (Å²) >= 11 is 0. The number of amides is 1. The lowest BCUT2D eigenvalue weighted by molar-refractivity contribution is -0.116. The van der Waals surface area contributed by atoms with E-state index in [0.29, 0.717) is 13.0 Å². The molecular weight excluding hydrogens is 374 g/mol. The van der Waals surface area contributed by atoms with Crippen LogP contribution in [0.4, 0.5) is 11.4 Å². The topological polar surface area (TPSA) is 44.8 Å². The summed E-state index contributed by atoms with van der Waals surface area (Å²) in [7, 11) is 0. The van der Waals surface area contributed by atoms with E-state index in [1.165, 1.54) is 16.8 Å². The Morgan fingerprint density at radius 2 is 1.90 bits per heavy atom. The third kappa shape index (κ3) is 5.03. The predicted octanol–water partition coefficient (Wildman–Crippen LogP) is 4.20. The molecule has 5 nitrogen and oxygen atoms in total. The smallest absolute Gasteiger partial charge is 0.224 e. The number of hydrogen-bond donors (Lipinski definition) is 1. The van der Waals surface area contributed by atoms with Crippen LogP contribution in [-0.4, -0.2) is 50.1 Å². The summed E-state index contributed by atoms with van der Waals surface area (Å²) in [5, 5.41) is 2.94. The molecule has 2 aromatic carbocycles. The van der Waals surface area contributed by atoms with Crippen molar-refractivity contribution in [1.29, 1.82) is 0 Å². The third-order valence-corrected chi connectivity index (χ3v) is 5.83. The summed E-state index contributed by atoms with van der Waals surface area (Å²) in [4.78, 5) is 16.4. The van der Waals surface area contributed by atoms with E-state index in [1.807, 2.05) is 19.1 Å². The first-order valence-corrected chi connectivity index (χ1v) is 11.0. The van der Waals surface area contributed by atoms with Crippen LogP contribution in [0.5, 0.6) is 5.75 Å². The highest BCUT2D eigenvalue weighted by atomic mass is 16.5. The molecule has 0 aromatic heterocycles. The molecule has 0 atom stereocenters. The van der Waals surface area contributed by atoms with Crippen molar-refractivity contribution < 1.29 is 9.53 Å². The Kier molecular flexibility index (Phi) is 6.70. The van der Waals surface area contributed by atoms with Crippen LogP contribution in [-0.2, 0) is 11.2 Å². The fourth-order valence-corrected chi connectivity index (χ4v) is 4.19. The number of aryl methyl sites for hydroxylation is 1. The molecule has 0 radical (unpaired) electrons. The molecule has 2 aliphatic heterocycles. The van der Waals surface area contributed by atoms with E-state index in [4.69, 9.17) is 4.74 Å². The zero-order valence-corrected chi connectivity index (χ0v) is 17.8. The molecule has 2 heterocycles. The molecule has 1 amide bonds. The van der Waals surface area contributed by atoms with Crippen LogP contribution in [0, 0.1) is 0 Å². The van der Waals surface area contributed by atoms with Crippen LogP contribution < -0.4 is 15.0 Å². The first-order chi connectivity index (χ1) is 14.7. The van der Waals surface area contributed by atoms with Gasteiger partial charge >= 0.3 is 0 Å². The number of carbonyl (C=O) groups excluding carboxylic acids is 1. The van der Waals surface area contributed by atoms with E-state index >= 15 is 0 Å². The molecule has 4 rings (SSSR count). The number of fused-ring (bicyclic) bond motifs is 1. The van der Waals surface area contributed by atoms with Crippen LogP contribution >= 0.6 is 0 Å². The zero-order chi connectivity index (χ0) is 20.8. The number of carbonyl (C=O) groups is 1. The molecule has 1 N–H and O–H groups in total. The normalized spacial score (nSPS) is 17.1. The maximum atomic E-state index is 11.5. The highest BCUT2D eigenvalue weighted by Crippen LogP contribution is 2.29. The number of rotatable bonds is 7. The molecule has 2 aromatic rings. The molecule has 0 unspecified atom stereocenters. The SMILES string of the molecule is CCOc1ccccc1N1CCN(CC/C=C/c2ccc3c(c2)CCC(=O)N3)CC1. The lowest BCUT2D eigenvalue weighted by Gasteiger charge is -2.36. The van der Waals surface area contributed by atoms with Gasteiger partial charge in [-0.3, -0.25) is 9.69 Å². The van der Waals surface area contributed by atoms with E-state index in [2.05, 4.69) is 57.6 Å². The van der Waals surface area contributed by atoms with Gasteiger partial charge in [-0.25, -0.2) is 0 Å². The van der Waals surface area contributed by atoms with Crippen molar-refractivity contribution in [3.8, 4) is 5.75 Å². The summed E-state index contributed by atoms with van der Waals surface area (Å²) in [6.07, 6.45) is 6.93. The van der Waals surface area contributed by atoms with Gasteiger partial charge in [0.25, 0.3) is 0 Å². The van der Waals surface area contributed by atoms with Crippen molar-refractivity contribution in [3.05, 3.63) is 59.7 Å². The molecule has 158 valence electrons. The van der Waals surface area contributed by atoms with Crippen LogP contribution in [0.1, 0.15) is 30.9 Å². The summed E-state index contributed by atoms with van der Waals surface area (Å²) < 4.78 is 5.79. The number of piperazine rings is 1. The summed E-state index contributed by atoms with van der Waals surface area (Å²) in [6, 6.07) is 14.6. The molecule has 1 fully saturated rings. The Hall–Kier alpha value is -2.79. The predicted molar refractivity (Wildman–Crippen MR) is 123 cm³/mol. The first-order valence-electron chi connectivity index (χ1n) is 11.0. The number of anilines is 2. The number of nitrogens with zero attached hydrogens (tertiary/aromatic N) is 2. The minimum Gasteiger partial charge on any atom is -0.492 e. The number of ether oxygens (including phenoxy) is 1. The highest BCUT2D eigenvalue weighted by Gasteiger charge is 2.19. The number of nitrogens with one attached hydrogen (secondary N) is 1. The second kappa shape index (κ2) is 9.81. The number of para-hydroxylation sites is 2. The largest absolute Gasteiger partial charge is 0.492 e. The van der Waals surface area contributed by atoms with Crippen LogP contribution in [0.2, 0.25) is 0 Å². The highest BCUT2D eigenvalue weighted by molar-refractivity contribution is 5.94. The van der Waals surface area contributed by atoms with Crippen molar-refractivity contribution in [1.82, 2.24) is 4.90 Å². The van der Waals surface area contributed by atoms with Crippen molar-refractivity contribution in [2.24, 2.45) is 0 Å². The van der Waals surface area contributed by atoms with Gasteiger partial charge < -0.3 is 15.0 Å². The van der Waals surface area contributed by atoms with Gasteiger partial charge in [-0.1, -0.05) is 30.4 Å². The Morgan fingerprint density at radius 3 is 2.73 bits per heavy atom. The van der Waals surface area contributed by atoms with E-state index < -0.39 is 0 Å². The van der Waals surface area contributed by atoms with E-state index in [1.54, 1.807) is 0 Å². The van der Waals surface area contributed by atoms with E-state index in [9.17, 15) is 4.79 Å². The van der Waals surface area contributed by atoms with Gasteiger partial charge in [-0.05, 0) is 55.2 Å².